The molecule has 0 amide bonds. The zero-order chi connectivity index (χ0) is 15.1. The fourth-order valence-corrected chi connectivity index (χ4v) is 3.14. The molecule has 2 aliphatic rings. The molecule has 5 heteroatoms. The monoisotopic (exact) mass is 316 g/mol. The number of hydrogen-bond donors (Lipinski definition) is 0. The summed E-state index contributed by atoms with van der Waals surface area (Å²) < 4.78 is 16.9. The summed E-state index contributed by atoms with van der Waals surface area (Å²) in [6, 6.07) is 10.9. The van der Waals surface area contributed by atoms with Crippen LogP contribution >= 0.6 is 11.6 Å². The first-order valence-electron chi connectivity index (χ1n) is 7.04. The van der Waals surface area contributed by atoms with Gasteiger partial charge in [0.05, 0.1) is 18.6 Å². The van der Waals surface area contributed by atoms with Crippen molar-refractivity contribution in [2.24, 2.45) is 0 Å². The molecule has 0 saturated heterocycles. The van der Waals surface area contributed by atoms with Crippen LogP contribution in [0.3, 0.4) is 0 Å². The second kappa shape index (κ2) is 5.30. The normalized spacial score (nSPS) is 19.7. The molecule has 2 aromatic carbocycles. The van der Waals surface area contributed by atoms with Crippen molar-refractivity contribution in [3.63, 3.8) is 0 Å². The van der Waals surface area contributed by atoms with Gasteiger partial charge in [0, 0.05) is 16.1 Å². The Hall–Kier alpha value is -2.04. The molecule has 0 radical (unpaired) electrons. The van der Waals surface area contributed by atoms with Crippen LogP contribution in [0.5, 0.6) is 11.5 Å². The van der Waals surface area contributed by atoms with Crippen molar-refractivity contribution in [2.45, 2.75) is 19.1 Å². The van der Waals surface area contributed by atoms with E-state index in [1.54, 1.807) is 18.2 Å². The summed E-state index contributed by atoms with van der Waals surface area (Å²) in [6.45, 7) is 0.638. The lowest BCUT2D eigenvalue weighted by atomic mass is 9.94. The zero-order valence-corrected chi connectivity index (χ0v) is 12.4. The van der Waals surface area contributed by atoms with Crippen molar-refractivity contribution < 1.29 is 19.0 Å². The Kier molecular flexibility index (Phi) is 3.28. The van der Waals surface area contributed by atoms with Crippen LogP contribution in [0.15, 0.2) is 36.4 Å². The van der Waals surface area contributed by atoms with Gasteiger partial charge in [-0.1, -0.05) is 23.7 Å². The van der Waals surface area contributed by atoms with Gasteiger partial charge in [-0.05, 0) is 24.3 Å². The highest BCUT2D eigenvalue weighted by Gasteiger charge is 2.31. The average Bonchev–Trinajstić information content (AvgIpc) is 2.54. The molecule has 0 bridgehead atoms. The molecule has 0 N–H and O–H groups in total. The summed E-state index contributed by atoms with van der Waals surface area (Å²) in [5.74, 6) is 1.38. The first-order chi connectivity index (χ1) is 10.7. The van der Waals surface area contributed by atoms with E-state index in [2.05, 4.69) is 0 Å². The molecule has 112 valence electrons. The van der Waals surface area contributed by atoms with E-state index >= 15 is 0 Å². The second-order valence-electron chi connectivity index (χ2n) is 5.32. The number of ketones is 1. The van der Waals surface area contributed by atoms with Crippen LogP contribution in [0.4, 0.5) is 0 Å². The zero-order valence-electron chi connectivity index (χ0n) is 11.7. The Morgan fingerprint density at radius 1 is 1.18 bits per heavy atom. The molecular formula is C17H13ClO4. The lowest BCUT2D eigenvalue weighted by molar-refractivity contribution is -0.0183. The molecule has 2 aliphatic heterocycles. The van der Waals surface area contributed by atoms with Gasteiger partial charge in [-0.2, -0.15) is 0 Å². The fraction of sp³-hybridized carbons (Fsp3) is 0.235. The summed E-state index contributed by atoms with van der Waals surface area (Å²) in [6.07, 6.45) is -0.124. The number of ether oxygens (including phenoxy) is 3. The van der Waals surface area contributed by atoms with Crippen LogP contribution < -0.4 is 9.47 Å². The van der Waals surface area contributed by atoms with Gasteiger partial charge < -0.3 is 14.2 Å². The van der Waals surface area contributed by atoms with Crippen LogP contribution in [0.1, 0.15) is 34.0 Å². The van der Waals surface area contributed by atoms with Gasteiger partial charge >= 0.3 is 0 Å². The van der Waals surface area contributed by atoms with E-state index in [-0.39, 0.29) is 19.0 Å². The number of rotatable bonds is 1. The predicted molar refractivity (Wildman–Crippen MR) is 80.5 cm³/mol. The molecule has 4 rings (SSSR count). The molecule has 0 fully saturated rings. The first kappa shape index (κ1) is 13.6. The number of halogens is 1. The summed E-state index contributed by atoms with van der Waals surface area (Å²) >= 11 is 6.19. The lowest BCUT2D eigenvalue weighted by Crippen LogP contribution is -2.22. The van der Waals surface area contributed by atoms with Crippen molar-refractivity contribution >= 4 is 17.4 Å². The minimum atomic E-state index is -0.395. The fourth-order valence-electron chi connectivity index (χ4n) is 2.89. The molecule has 0 spiro atoms. The maximum absolute atomic E-state index is 12.3. The van der Waals surface area contributed by atoms with Crippen LogP contribution in [-0.2, 0) is 11.3 Å². The number of carbonyl (C=O) groups is 1. The number of Topliss-reactive ketones (excluding diaryl/α,β-unsaturated/α-hetero) is 1. The molecule has 2 heterocycles. The second-order valence-corrected chi connectivity index (χ2v) is 5.76. The van der Waals surface area contributed by atoms with E-state index in [4.69, 9.17) is 25.8 Å². The van der Waals surface area contributed by atoms with Crippen LogP contribution in [0, 0.1) is 0 Å². The summed E-state index contributed by atoms with van der Waals surface area (Å²) in [5.41, 5.74) is 2.30. The molecule has 1 atom stereocenters. The minimum Gasteiger partial charge on any atom is -0.484 e. The van der Waals surface area contributed by atoms with Crippen molar-refractivity contribution in [1.29, 1.82) is 0 Å². The van der Waals surface area contributed by atoms with Gasteiger partial charge in [-0.3, -0.25) is 4.79 Å². The van der Waals surface area contributed by atoms with Gasteiger partial charge in [0.25, 0.3) is 0 Å². The number of hydrogen-bond acceptors (Lipinski definition) is 4. The van der Waals surface area contributed by atoms with Gasteiger partial charge in [0.2, 0.25) is 0 Å². The minimum absolute atomic E-state index is 0.0626. The SMILES string of the molecule is O=C1C[C@H](c2cc(Cl)cc3c2OCOC3)Oc2ccccc21. The molecule has 0 saturated carbocycles. The van der Waals surface area contributed by atoms with Crippen molar-refractivity contribution in [3.8, 4) is 11.5 Å². The molecule has 0 aliphatic carbocycles. The standard InChI is InChI=1S/C17H13ClO4/c18-11-5-10-8-20-9-21-17(10)13(6-11)16-7-14(19)12-3-1-2-4-15(12)22-16/h1-6,16H,7-9H2/t16-/m1/s1. The number of benzene rings is 2. The van der Waals surface area contributed by atoms with E-state index in [0.717, 1.165) is 11.1 Å². The lowest BCUT2D eigenvalue weighted by Gasteiger charge is -2.29. The van der Waals surface area contributed by atoms with E-state index in [1.165, 1.54) is 0 Å². The average molecular weight is 317 g/mol. The summed E-state index contributed by atoms with van der Waals surface area (Å²) in [5, 5.41) is 0.581. The topological polar surface area (TPSA) is 44.8 Å². The Balaban J connectivity index is 1.78. The molecule has 0 unspecified atom stereocenters. The number of fused-ring (bicyclic) bond motifs is 2. The number of carbonyl (C=O) groups excluding carboxylic acids is 1. The third kappa shape index (κ3) is 2.25. The first-order valence-corrected chi connectivity index (χ1v) is 7.42. The Labute approximate surface area is 132 Å². The van der Waals surface area contributed by atoms with Crippen LogP contribution in [-0.4, -0.2) is 12.6 Å². The summed E-state index contributed by atoms with van der Waals surface area (Å²) in [4.78, 5) is 12.3. The third-order valence-electron chi connectivity index (χ3n) is 3.88. The molecule has 0 aromatic heterocycles. The summed E-state index contributed by atoms with van der Waals surface area (Å²) in [7, 11) is 0. The van der Waals surface area contributed by atoms with Crippen LogP contribution in [0.2, 0.25) is 5.02 Å². The molecule has 2 aromatic rings. The highest BCUT2D eigenvalue weighted by Crippen LogP contribution is 2.41. The van der Waals surface area contributed by atoms with E-state index in [9.17, 15) is 4.79 Å². The van der Waals surface area contributed by atoms with Gasteiger partial charge in [0.15, 0.2) is 12.6 Å². The highest BCUT2D eigenvalue weighted by atomic mass is 35.5. The van der Waals surface area contributed by atoms with Crippen molar-refractivity contribution in [3.05, 3.63) is 58.1 Å². The highest BCUT2D eigenvalue weighted by molar-refractivity contribution is 6.30. The van der Waals surface area contributed by atoms with E-state index < -0.39 is 6.10 Å². The van der Waals surface area contributed by atoms with Crippen LogP contribution in [0.25, 0.3) is 0 Å². The Morgan fingerprint density at radius 3 is 2.95 bits per heavy atom. The molecule has 22 heavy (non-hydrogen) atoms. The maximum atomic E-state index is 12.3. The number of para-hydroxylation sites is 1. The molecular weight excluding hydrogens is 304 g/mol. The smallest absolute Gasteiger partial charge is 0.189 e. The van der Waals surface area contributed by atoms with Crippen molar-refractivity contribution in [1.82, 2.24) is 0 Å². The Bertz CT molecular complexity index is 756. The van der Waals surface area contributed by atoms with Gasteiger partial charge in [-0.25, -0.2) is 0 Å². The maximum Gasteiger partial charge on any atom is 0.189 e. The van der Waals surface area contributed by atoms with E-state index in [0.29, 0.717) is 28.7 Å². The predicted octanol–water partition coefficient (Wildman–Crippen LogP) is 3.91. The quantitative estimate of drug-likeness (QED) is 0.800. The molecule has 4 nitrogen and oxygen atoms in total. The Morgan fingerprint density at radius 2 is 2.05 bits per heavy atom. The largest absolute Gasteiger partial charge is 0.484 e. The third-order valence-corrected chi connectivity index (χ3v) is 4.10. The van der Waals surface area contributed by atoms with Gasteiger partial charge in [0.1, 0.15) is 17.6 Å². The van der Waals surface area contributed by atoms with Crippen molar-refractivity contribution in [2.75, 3.05) is 6.79 Å². The van der Waals surface area contributed by atoms with Gasteiger partial charge in [-0.15, -0.1) is 0 Å². The van der Waals surface area contributed by atoms with E-state index in [1.807, 2.05) is 18.2 Å².